The molecular formula is C19H25N4O3+. The molecule has 26 heavy (non-hydrogen) atoms. The van der Waals surface area contributed by atoms with Crippen LogP contribution in [-0.4, -0.2) is 53.0 Å². The molecule has 0 spiro atoms. The summed E-state index contributed by atoms with van der Waals surface area (Å²) in [4.78, 5) is 0. The maximum absolute atomic E-state index is 6.07. The first-order chi connectivity index (χ1) is 12.9. The minimum Gasteiger partial charge on any atom is -0.487 e. The van der Waals surface area contributed by atoms with E-state index in [0.29, 0.717) is 19.3 Å². The number of ether oxygens (including phenoxy) is 3. The number of quaternary nitrogens is 1. The predicted octanol–water partition coefficient (Wildman–Crippen LogP) is 0.538. The van der Waals surface area contributed by atoms with Crippen LogP contribution >= 0.6 is 0 Å². The van der Waals surface area contributed by atoms with Gasteiger partial charge in [0.05, 0.1) is 19.3 Å². The van der Waals surface area contributed by atoms with Gasteiger partial charge in [0.25, 0.3) is 0 Å². The molecule has 2 N–H and O–H groups in total. The number of nitrogens with zero attached hydrogens (tertiary/aromatic N) is 3. The van der Waals surface area contributed by atoms with Crippen LogP contribution in [0.4, 0.5) is 0 Å². The second-order valence-corrected chi connectivity index (χ2v) is 7.53. The molecule has 2 saturated heterocycles. The van der Waals surface area contributed by atoms with Crippen LogP contribution in [-0.2, 0) is 16.1 Å². The maximum atomic E-state index is 6.07. The lowest BCUT2D eigenvalue weighted by molar-refractivity contribution is -0.695. The van der Waals surface area contributed by atoms with Crippen LogP contribution in [0.5, 0.6) is 5.75 Å². The van der Waals surface area contributed by atoms with Crippen LogP contribution in [0.15, 0.2) is 36.5 Å². The van der Waals surface area contributed by atoms with Crippen molar-refractivity contribution in [3.8, 4) is 5.75 Å². The molecule has 0 amide bonds. The van der Waals surface area contributed by atoms with E-state index in [2.05, 4.69) is 15.6 Å². The molecule has 0 unspecified atom stereocenters. The van der Waals surface area contributed by atoms with E-state index in [1.807, 2.05) is 41.2 Å². The summed E-state index contributed by atoms with van der Waals surface area (Å²) in [7, 11) is 0. The predicted molar refractivity (Wildman–Crippen MR) is 92.6 cm³/mol. The molecule has 3 aliphatic rings. The lowest BCUT2D eigenvalue weighted by Crippen LogP contribution is -2.93. The van der Waals surface area contributed by atoms with Crippen molar-refractivity contribution in [1.29, 1.82) is 0 Å². The minimum atomic E-state index is 0.0695. The van der Waals surface area contributed by atoms with E-state index < -0.39 is 0 Å². The van der Waals surface area contributed by atoms with Crippen molar-refractivity contribution in [3.63, 3.8) is 0 Å². The smallest absolute Gasteiger partial charge is 0.140 e. The van der Waals surface area contributed by atoms with E-state index >= 15 is 0 Å². The lowest BCUT2D eigenvalue weighted by Gasteiger charge is -2.15. The summed E-state index contributed by atoms with van der Waals surface area (Å²) < 4.78 is 19.8. The van der Waals surface area contributed by atoms with E-state index in [1.54, 1.807) is 0 Å². The van der Waals surface area contributed by atoms with Crippen molar-refractivity contribution >= 4 is 0 Å². The summed E-state index contributed by atoms with van der Waals surface area (Å²) in [6.07, 6.45) is 4.94. The topological polar surface area (TPSA) is 75.0 Å². The maximum Gasteiger partial charge on any atom is 0.140 e. The Labute approximate surface area is 152 Å². The van der Waals surface area contributed by atoms with Gasteiger partial charge in [0.2, 0.25) is 0 Å². The second kappa shape index (κ2) is 6.98. The molecule has 0 radical (unpaired) electrons. The van der Waals surface area contributed by atoms with Gasteiger partial charge in [-0.2, -0.15) is 0 Å². The van der Waals surface area contributed by atoms with Crippen LogP contribution in [0.3, 0.4) is 0 Å². The van der Waals surface area contributed by atoms with Crippen molar-refractivity contribution in [1.82, 2.24) is 15.0 Å². The monoisotopic (exact) mass is 357 g/mol. The van der Waals surface area contributed by atoms with Gasteiger partial charge < -0.3 is 19.5 Å². The summed E-state index contributed by atoms with van der Waals surface area (Å²) in [6.45, 7) is 3.00. The third kappa shape index (κ3) is 3.34. The molecule has 5 rings (SSSR count). The molecule has 4 atom stereocenters. The molecule has 0 bridgehead atoms. The Balaban J connectivity index is 1.19. The van der Waals surface area contributed by atoms with Gasteiger partial charge in [0, 0.05) is 5.92 Å². The first kappa shape index (κ1) is 16.2. The van der Waals surface area contributed by atoms with Gasteiger partial charge in [-0.15, -0.1) is 5.10 Å². The van der Waals surface area contributed by atoms with Crippen molar-refractivity contribution in [2.75, 3.05) is 19.8 Å². The molecule has 2 aliphatic heterocycles. The van der Waals surface area contributed by atoms with Crippen molar-refractivity contribution in [2.24, 2.45) is 5.92 Å². The number of rotatable bonds is 7. The summed E-state index contributed by atoms with van der Waals surface area (Å²) in [5.41, 5.74) is 0.812. The molecule has 3 heterocycles. The van der Waals surface area contributed by atoms with Crippen LogP contribution < -0.4 is 10.1 Å². The van der Waals surface area contributed by atoms with Gasteiger partial charge >= 0.3 is 0 Å². The molecule has 7 nitrogen and oxygen atoms in total. The fourth-order valence-corrected chi connectivity index (χ4v) is 3.87. The van der Waals surface area contributed by atoms with Crippen LogP contribution in [0, 0.1) is 5.92 Å². The van der Waals surface area contributed by atoms with E-state index in [0.717, 1.165) is 24.0 Å². The summed E-state index contributed by atoms with van der Waals surface area (Å²) in [5.74, 6) is 1.74. The van der Waals surface area contributed by atoms with Crippen molar-refractivity contribution < 1.29 is 19.5 Å². The van der Waals surface area contributed by atoms with Crippen molar-refractivity contribution in [3.05, 3.63) is 42.2 Å². The summed E-state index contributed by atoms with van der Waals surface area (Å²) in [5, 5.41) is 11.0. The zero-order valence-electron chi connectivity index (χ0n) is 14.7. The average molecular weight is 357 g/mol. The van der Waals surface area contributed by atoms with Gasteiger partial charge in [-0.1, -0.05) is 23.4 Å². The first-order valence-corrected chi connectivity index (χ1v) is 9.52. The van der Waals surface area contributed by atoms with Crippen LogP contribution in [0.25, 0.3) is 0 Å². The molecule has 2 aromatic rings. The van der Waals surface area contributed by atoms with Crippen LogP contribution in [0.1, 0.15) is 24.6 Å². The SMILES string of the molecule is c1ccc(OCc2cn([C@H]3CO[C@H]4[C@@H]3OC[C@@H]4[NH2+]CC3CC3)nn2)cc1. The molecule has 1 aromatic heterocycles. The fraction of sp³-hybridized carbons (Fsp3) is 0.579. The largest absolute Gasteiger partial charge is 0.487 e. The number of aromatic nitrogens is 3. The van der Waals surface area contributed by atoms with E-state index in [9.17, 15) is 0 Å². The molecule has 7 heteroatoms. The first-order valence-electron chi connectivity index (χ1n) is 9.52. The molecule has 1 aromatic carbocycles. The molecule has 3 fully saturated rings. The highest BCUT2D eigenvalue weighted by molar-refractivity contribution is 5.21. The number of nitrogens with two attached hydrogens (primary N) is 1. The van der Waals surface area contributed by atoms with Crippen molar-refractivity contribution in [2.45, 2.75) is 43.7 Å². The Morgan fingerprint density at radius 1 is 1.12 bits per heavy atom. The van der Waals surface area contributed by atoms with Crippen LogP contribution in [0.2, 0.25) is 0 Å². The lowest BCUT2D eigenvalue weighted by atomic mass is 10.1. The third-order valence-electron chi connectivity index (χ3n) is 5.56. The molecular weight excluding hydrogens is 332 g/mol. The Hall–Kier alpha value is -1.96. The molecule has 1 saturated carbocycles. The number of hydrogen-bond acceptors (Lipinski definition) is 5. The number of benzene rings is 1. The summed E-state index contributed by atoms with van der Waals surface area (Å²) >= 11 is 0. The Bertz CT molecular complexity index is 733. The summed E-state index contributed by atoms with van der Waals surface area (Å²) in [6, 6.07) is 10.3. The van der Waals surface area contributed by atoms with Gasteiger partial charge in [-0.25, -0.2) is 4.68 Å². The van der Waals surface area contributed by atoms with Gasteiger partial charge in [-0.05, 0) is 25.0 Å². The number of para-hydroxylation sites is 1. The highest BCUT2D eigenvalue weighted by Gasteiger charge is 2.51. The van der Waals surface area contributed by atoms with E-state index in [1.165, 1.54) is 19.4 Å². The highest BCUT2D eigenvalue weighted by Crippen LogP contribution is 2.33. The van der Waals surface area contributed by atoms with Gasteiger partial charge in [0.1, 0.15) is 48.9 Å². The zero-order valence-corrected chi connectivity index (χ0v) is 14.7. The quantitative estimate of drug-likeness (QED) is 0.783. The second-order valence-electron chi connectivity index (χ2n) is 7.53. The molecule has 1 aliphatic carbocycles. The fourth-order valence-electron chi connectivity index (χ4n) is 3.87. The highest BCUT2D eigenvalue weighted by atomic mass is 16.6. The number of fused-ring (bicyclic) bond motifs is 1. The molecule has 138 valence electrons. The average Bonchev–Trinajstić information content (AvgIpc) is 3.07. The Morgan fingerprint density at radius 3 is 2.81 bits per heavy atom. The third-order valence-corrected chi connectivity index (χ3v) is 5.56. The Kier molecular flexibility index (Phi) is 4.36. The van der Waals surface area contributed by atoms with E-state index in [4.69, 9.17) is 14.2 Å². The normalized spacial score (nSPS) is 30.5. The van der Waals surface area contributed by atoms with Gasteiger partial charge in [0.15, 0.2) is 0 Å². The minimum absolute atomic E-state index is 0.0695. The van der Waals surface area contributed by atoms with Gasteiger partial charge in [-0.3, -0.25) is 0 Å². The Morgan fingerprint density at radius 2 is 1.96 bits per heavy atom. The zero-order chi connectivity index (χ0) is 17.3. The standard InChI is InChI=1S/C19H24N4O3/c1-2-4-15(5-3-1)24-10-14-9-23(22-21-14)17-12-26-18-16(11-25-19(17)18)20-8-13-6-7-13/h1-5,9,13,16-20H,6-8,10-12H2/p+1/t16-,17-,18+,19+/m0/s1. The van der Waals surface area contributed by atoms with E-state index in [-0.39, 0.29) is 18.2 Å². The number of hydrogen-bond donors (Lipinski definition) is 1.